The zero-order valence-electron chi connectivity index (χ0n) is 16.7. The first-order chi connectivity index (χ1) is 14.0. The highest BCUT2D eigenvalue weighted by Crippen LogP contribution is 2.32. The van der Waals surface area contributed by atoms with Crippen molar-refractivity contribution in [2.24, 2.45) is 0 Å². The number of hydrogen-bond donors (Lipinski definition) is 1. The van der Waals surface area contributed by atoms with Crippen LogP contribution in [0.15, 0.2) is 42.5 Å². The van der Waals surface area contributed by atoms with Crippen LogP contribution in [0.25, 0.3) is 0 Å². The summed E-state index contributed by atoms with van der Waals surface area (Å²) < 4.78 is 5.81. The van der Waals surface area contributed by atoms with Gasteiger partial charge in [0.15, 0.2) is 0 Å². The smallest absolute Gasteiger partial charge is 0.221 e. The molecule has 0 spiro atoms. The van der Waals surface area contributed by atoms with Crippen LogP contribution in [0.2, 0.25) is 10.0 Å². The number of nitrogens with zero attached hydrogens (tertiary/aromatic N) is 2. The number of amides is 1. The van der Waals surface area contributed by atoms with E-state index in [0.29, 0.717) is 16.7 Å². The Morgan fingerprint density at radius 3 is 2.59 bits per heavy atom. The molecule has 2 aromatic rings. The summed E-state index contributed by atoms with van der Waals surface area (Å²) in [4.78, 5) is 15.9. The van der Waals surface area contributed by atoms with Crippen LogP contribution >= 0.6 is 23.2 Å². The van der Waals surface area contributed by atoms with Crippen LogP contribution in [-0.4, -0.2) is 50.1 Å². The molecule has 156 valence electrons. The van der Waals surface area contributed by atoms with E-state index in [1.165, 1.54) is 6.92 Å². The molecule has 5 nitrogen and oxygen atoms in total. The first-order valence-corrected chi connectivity index (χ1v) is 10.7. The van der Waals surface area contributed by atoms with E-state index in [9.17, 15) is 4.79 Å². The fraction of sp³-hybridized carbons (Fsp3) is 0.409. The average Bonchev–Trinajstić information content (AvgIpc) is 2.70. The van der Waals surface area contributed by atoms with Crippen LogP contribution in [0.4, 0.5) is 11.4 Å². The molecule has 0 aliphatic carbocycles. The monoisotopic (exact) mass is 435 g/mol. The molecule has 7 heteroatoms. The standard InChI is InChI=1S/C22H27Cl2N3O2/c1-17(28)25-18-6-4-7-19(16-18)29-15-3-2-10-26-11-13-27(14-12-26)21-9-5-8-20(23)22(21)24/h4-9,16H,2-3,10-15H2,1H3,(H,25,28). The third-order valence-electron chi connectivity index (χ3n) is 4.94. The topological polar surface area (TPSA) is 44.8 Å². The van der Waals surface area contributed by atoms with Gasteiger partial charge in [-0.1, -0.05) is 35.3 Å². The van der Waals surface area contributed by atoms with Crippen molar-refractivity contribution < 1.29 is 9.53 Å². The summed E-state index contributed by atoms with van der Waals surface area (Å²) in [5.41, 5.74) is 1.78. The number of benzene rings is 2. The van der Waals surface area contributed by atoms with Gasteiger partial charge < -0.3 is 15.0 Å². The fourth-order valence-corrected chi connectivity index (χ4v) is 3.86. The molecule has 1 N–H and O–H groups in total. The summed E-state index contributed by atoms with van der Waals surface area (Å²) in [6.45, 7) is 7.16. The number of carbonyl (C=O) groups is 1. The second-order valence-electron chi connectivity index (χ2n) is 7.17. The van der Waals surface area contributed by atoms with Crippen molar-refractivity contribution in [2.75, 3.05) is 49.5 Å². The largest absolute Gasteiger partial charge is 0.494 e. The molecule has 1 amide bonds. The minimum atomic E-state index is -0.0834. The average molecular weight is 436 g/mol. The van der Waals surface area contributed by atoms with E-state index >= 15 is 0 Å². The molecule has 1 aliphatic rings. The highest BCUT2D eigenvalue weighted by atomic mass is 35.5. The van der Waals surface area contributed by atoms with Gasteiger partial charge in [-0.15, -0.1) is 0 Å². The number of hydrogen-bond acceptors (Lipinski definition) is 4. The maximum atomic E-state index is 11.1. The van der Waals surface area contributed by atoms with Crippen molar-refractivity contribution in [3.63, 3.8) is 0 Å². The summed E-state index contributed by atoms with van der Waals surface area (Å²) in [6, 6.07) is 13.3. The maximum Gasteiger partial charge on any atom is 0.221 e. The van der Waals surface area contributed by atoms with Crippen molar-refractivity contribution in [1.29, 1.82) is 0 Å². The molecule has 0 aromatic heterocycles. The third kappa shape index (κ3) is 6.53. The zero-order valence-corrected chi connectivity index (χ0v) is 18.2. The van der Waals surface area contributed by atoms with Crippen LogP contribution in [0.5, 0.6) is 5.75 Å². The molecule has 1 saturated heterocycles. The van der Waals surface area contributed by atoms with Crippen LogP contribution < -0.4 is 15.0 Å². The fourth-order valence-electron chi connectivity index (χ4n) is 3.44. The van der Waals surface area contributed by atoms with Crippen LogP contribution in [0.1, 0.15) is 19.8 Å². The lowest BCUT2D eigenvalue weighted by Gasteiger charge is -2.36. The quantitative estimate of drug-likeness (QED) is 0.596. The second kappa shape index (κ2) is 10.7. The van der Waals surface area contributed by atoms with Gasteiger partial charge in [0.05, 0.1) is 22.3 Å². The molecule has 1 heterocycles. The summed E-state index contributed by atoms with van der Waals surface area (Å²) in [7, 11) is 0. The Labute approximate surface area is 182 Å². The van der Waals surface area contributed by atoms with Gasteiger partial charge in [0.25, 0.3) is 0 Å². The maximum absolute atomic E-state index is 11.1. The molecule has 0 bridgehead atoms. The highest BCUT2D eigenvalue weighted by Gasteiger charge is 2.19. The Morgan fingerprint density at radius 2 is 1.83 bits per heavy atom. The molecule has 29 heavy (non-hydrogen) atoms. The number of piperazine rings is 1. The summed E-state index contributed by atoms with van der Waals surface area (Å²) in [6.07, 6.45) is 2.08. The molecule has 0 radical (unpaired) electrons. The van der Waals surface area contributed by atoms with Gasteiger partial charge in [-0.2, -0.15) is 0 Å². The molecule has 2 aromatic carbocycles. The van der Waals surface area contributed by atoms with E-state index in [4.69, 9.17) is 27.9 Å². The molecular formula is C22H27Cl2N3O2. The predicted octanol–water partition coefficient (Wildman–Crippen LogP) is 4.93. The molecule has 0 atom stereocenters. The van der Waals surface area contributed by atoms with Gasteiger partial charge in [-0.05, 0) is 43.7 Å². The number of ether oxygens (including phenoxy) is 1. The summed E-state index contributed by atoms with van der Waals surface area (Å²) in [5.74, 6) is 0.697. The van der Waals surface area contributed by atoms with E-state index in [-0.39, 0.29) is 5.91 Å². The summed E-state index contributed by atoms with van der Waals surface area (Å²) >= 11 is 12.5. The second-order valence-corrected chi connectivity index (χ2v) is 7.95. The lowest BCUT2D eigenvalue weighted by Crippen LogP contribution is -2.46. The lowest BCUT2D eigenvalue weighted by atomic mass is 10.2. The highest BCUT2D eigenvalue weighted by molar-refractivity contribution is 6.43. The summed E-state index contributed by atoms with van der Waals surface area (Å²) in [5, 5.41) is 4.01. The molecule has 1 aliphatic heterocycles. The molecule has 1 fully saturated rings. The van der Waals surface area contributed by atoms with Crippen molar-refractivity contribution in [3.8, 4) is 5.75 Å². The van der Waals surface area contributed by atoms with E-state index < -0.39 is 0 Å². The van der Waals surface area contributed by atoms with Crippen molar-refractivity contribution in [2.45, 2.75) is 19.8 Å². The first kappa shape index (κ1) is 21.8. The third-order valence-corrected chi connectivity index (χ3v) is 5.74. The normalized spacial score (nSPS) is 14.7. The van der Waals surface area contributed by atoms with E-state index in [0.717, 1.165) is 62.7 Å². The van der Waals surface area contributed by atoms with E-state index in [1.807, 2.05) is 42.5 Å². The predicted molar refractivity (Wildman–Crippen MR) is 121 cm³/mol. The van der Waals surface area contributed by atoms with Gasteiger partial charge >= 0.3 is 0 Å². The Bertz CT molecular complexity index is 823. The Hall–Kier alpha value is -1.95. The van der Waals surface area contributed by atoms with Gasteiger partial charge in [-0.25, -0.2) is 0 Å². The van der Waals surface area contributed by atoms with Crippen molar-refractivity contribution in [1.82, 2.24) is 4.90 Å². The number of halogens is 2. The minimum Gasteiger partial charge on any atom is -0.494 e. The lowest BCUT2D eigenvalue weighted by molar-refractivity contribution is -0.114. The van der Waals surface area contributed by atoms with Gasteiger partial charge in [0.2, 0.25) is 5.91 Å². The van der Waals surface area contributed by atoms with Crippen molar-refractivity contribution >= 4 is 40.5 Å². The SMILES string of the molecule is CC(=O)Nc1cccc(OCCCCN2CCN(c3cccc(Cl)c3Cl)CC2)c1. The Kier molecular flexibility index (Phi) is 8.04. The number of unbranched alkanes of at least 4 members (excludes halogenated alkanes) is 1. The zero-order chi connectivity index (χ0) is 20.6. The molecular weight excluding hydrogens is 409 g/mol. The number of carbonyl (C=O) groups excluding carboxylic acids is 1. The molecule has 0 unspecified atom stereocenters. The van der Waals surface area contributed by atoms with Gasteiger partial charge in [0, 0.05) is 44.9 Å². The van der Waals surface area contributed by atoms with Gasteiger partial charge in [-0.3, -0.25) is 9.69 Å². The van der Waals surface area contributed by atoms with Gasteiger partial charge in [0.1, 0.15) is 5.75 Å². The van der Waals surface area contributed by atoms with Crippen LogP contribution in [0.3, 0.4) is 0 Å². The van der Waals surface area contributed by atoms with Crippen molar-refractivity contribution in [3.05, 3.63) is 52.5 Å². The van der Waals surface area contributed by atoms with Crippen LogP contribution in [0, 0.1) is 0 Å². The number of anilines is 2. The molecule has 3 rings (SSSR count). The Balaban J connectivity index is 1.34. The first-order valence-electron chi connectivity index (χ1n) is 9.95. The number of rotatable bonds is 8. The molecule has 0 saturated carbocycles. The Morgan fingerprint density at radius 1 is 1.07 bits per heavy atom. The van der Waals surface area contributed by atoms with E-state index in [1.54, 1.807) is 0 Å². The number of nitrogens with one attached hydrogen (secondary N) is 1. The van der Waals surface area contributed by atoms with E-state index in [2.05, 4.69) is 15.1 Å². The minimum absolute atomic E-state index is 0.0834. The van der Waals surface area contributed by atoms with Crippen LogP contribution in [-0.2, 0) is 4.79 Å².